The van der Waals surface area contributed by atoms with Gasteiger partial charge in [0.15, 0.2) is 0 Å². The predicted octanol–water partition coefficient (Wildman–Crippen LogP) is 2.27. The molecule has 0 aliphatic rings. The van der Waals surface area contributed by atoms with Gasteiger partial charge in [-0.2, -0.15) is 0 Å². The van der Waals surface area contributed by atoms with E-state index in [-0.39, 0.29) is 6.61 Å². The third kappa shape index (κ3) is 4.77. The Morgan fingerprint density at radius 1 is 1.20 bits per heavy atom. The summed E-state index contributed by atoms with van der Waals surface area (Å²) in [4.78, 5) is 0. The first-order chi connectivity index (χ1) is 7.36. The molecule has 0 saturated heterocycles. The van der Waals surface area contributed by atoms with E-state index in [1.807, 2.05) is 6.08 Å². The Kier molecular flexibility index (Phi) is 5.74. The van der Waals surface area contributed by atoms with Gasteiger partial charge in [-0.15, -0.1) is 0 Å². The van der Waals surface area contributed by atoms with Crippen LogP contribution in [0.5, 0.6) is 0 Å². The molecule has 0 amide bonds. The summed E-state index contributed by atoms with van der Waals surface area (Å²) in [6.07, 6.45) is 3.47. The summed E-state index contributed by atoms with van der Waals surface area (Å²) in [5.41, 5.74) is 2.41. The molecule has 0 atom stereocenters. The smallest absolute Gasteiger partial charge is 0.0506 e. The maximum absolute atomic E-state index is 8.55. The van der Waals surface area contributed by atoms with E-state index in [2.05, 4.69) is 30.8 Å². The molecule has 82 valence electrons. The summed E-state index contributed by atoms with van der Waals surface area (Å²) in [6.45, 7) is 5.27. The van der Waals surface area contributed by atoms with Gasteiger partial charge in [0.2, 0.25) is 0 Å². The minimum absolute atomic E-state index is 0.202. The summed E-state index contributed by atoms with van der Waals surface area (Å²) < 4.78 is 5.35. The molecule has 15 heavy (non-hydrogen) atoms. The van der Waals surface area contributed by atoms with Gasteiger partial charge in [0.25, 0.3) is 0 Å². The van der Waals surface area contributed by atoms with Gasteiger partial charge in [-0.1, -0.05) is 36.9 Å². The Morgan fingerprint density at radius 2 is 1.93 bits per heavy atom. The lowest BCUT2D eigenvalue weighted by atomic mass is 10.1. The highest BCUT2D eigenvalue weighted by Crippen LogP contribution is 2.06. The van der Waals surface area contributed by atoms with Gasteiger partial charge in [-0.3, -0.25) is 0 Å². The molecular formula is C13H18O2. The number of rotatable bonds is 7. The van der Waals surface area contributed by atoms with Gasteiger partial charge in [0.1, 0.15) is 0 Å². The summed E-state index contributed by atoms with van der Waals surface area (Å²) in [7, 11) is 0. The van der Waals surface area contributed by atoms with E-state index in [0.717, 1.165) is 18.4 Å². The van der Waals surface area contributed by atoms with Crippen LogP contribution >= 0.6 is 0 Å². The lowest BCUT2D eigenvalue weighted by Gasteiger charge is -2.03. The fourth-order valence-corrected chi connectivity index (χ4v) is 1.28. The number of benzene rings is 1. The van der Waals surface area contributed by atoms with Crippen molar-refractivity contribution in [3.05, 3.63) is 42.0 Å². The first-order valence-corrected chi connectivity index (χ1v) is 5.27. The zero-order chi connectivity index (χ0) is 10.9. The molecule has 0 aliphatic heterocycles. The van der Waals surface area contributed by atoms with E-state index in [1.165, 1.54) is 5.56 Å². The fourth-order valence-electron chi connectivity index (χ4n) is 1.28. The highest BCUT2D eigenvalue weighted by atomic mass is 16.5. The zero-order valence-electron chi connectivity index (χ0n) is 8.98. The van der Waals surface area contributed by atoms with Crippen LogP contribution in [0.2, 0.25) is 0 Å². The normalized spacial score (nSPS) is 10.2. The van der Waals surface area contributed by atoms with Crippen molar-refractivity contribution in [1.82, 2.24) is 0 Å². The molecule has 0 bridgehead atoms. The van der Waals surface area contributed by atoms with Crippen LogP contribution in [0, 0.1) is 0 Å². The lowest BCUT2D eigenvalue weighted by molar-refractivity contribution is 0.118. The van der Waals surface area contributed by atoms with Crippen molar-refractivity contribution in [2.45, 2.75) is 12.8 Å². The Morgan fingerprint density at radius 3 is 2.53 bits per heavy atom. The largest absolute Gasteiger partial charge is 0.396 e. The number of ether oxygens (including phenoxy) is 1. The van der Waals surface area contributed by atoms with Crippen molar-refractivity contribution in [3.63, 3.8) is 0 Å². The molecule has 2 nitrogen and oxygen atoms in total. The van der Waals surface area contributed by atoms with Gasteiger partial charge in [-0.05, 0) is 24.0 Å². The van der Waals surface area contributed by atoms with E-state index < -0.39 is 0 Å². The summed E-state index contributed by atoms with van der Waals surface area (Å²) >= 11 is 0. The monoisotopic (exact) mass is 206 g/mol. The van der Waals surface area contributed by atoms with E-state index in [9.17, 15) is 0 Å². The van der Waals surface area contributed by atoms with Gasteiger partial charge in [0, 0.05) is 13.2 Å². The Bertz CT molecular complexity index is 277. The van der Waals surface area contributed by atoms with Crippen LogP contribution in [-0.2, 0) is 11.2 Å². The molecule has 1 aromatic rings. The standard InChI is InChI=1S/C13H18O2/c1-2-12-4-6-13(7-5-12)8-11-15-10-3-9-14/h2,4-7,14H,1,3,8-11H2. The van der Waals surface area contributed by atoms with Crippen LogP contribution in [0.3, 0.4) is 0 Å². The van der Waals surface area contributed by atoms with E-state index in [4.69, 9.17) is 9.84 Å². The number of hydrogen-bond donors (Lipinski definition) is 1. The topological polar surface area (TPSA) is 29.5 Å². The first-order valence-electron chi connectivity index (χ1n) is 5.27. The molecule has 0 aromatic heterocycles. The molecule has 1 N–H and O–H groups in total. The predicted molar refractivity (Wildman–Crippen MR) is 62.8 cm³/mol. The van der Waals surface area contributed by atoms with E-state index >= 15 is 0 Å². The molecule has 0 heterocycles. The fraction of sp³-hybridized carbons (Fsp3) is 0.385. The van der Waals surface area contributed by atoms with Crippen molar-refractivity contribution in [2.24, 2.45) is 0 Å². The Balaban J connectivity index is 2.22. The molecule has 0 fully saturated rings. The van der Waals surface area contributed by atoms with Crippen LogP contribution < -0.4 is 0 Å². The third-order valence-corrected chi connectivity index (χ3v) is 2.20. The summed E-state index contributed by atoms with van der Waals surface area (Å²) in [6, 6.07) is 8.28. The van der Waals surface area contributed by atoms with Crippen molar-refractivity contribution in [1.29, 1.82) is 0 Å². The zero-order valence-corrected chi connectivity index (χ0v) is 8.98. The van der Waals surface area contributed by atoms with Crippen molar-refractivity contribution >= 4 is 6.08 Å². The maximum atomic E-state index is 8.55. The second kappa shape index (κ2) is 7.21. The van der Waals surface area contributed by atoms with E-state index in [0.29, 0.717) is 13.2 Å². The number of aliphatic hydroxyl groups is 1. The maximum Gasteiger partial charge on any atom is 0.0506 e. The lowest BCUT2D eigenvalue weighted by Crippen LogP contribution is -2.01. The van der Waals surface area contributed by atoms with Crippen LogP contribution in [0.25, 0.3) is 6.08 Å². The van der Waals surface area contributed by atoms with Gasteiger partial charge in [-0.25, -0.2) is 0 Å². The average Bonchev–Trinajstić information content (AvgIpc) is 2.30. The number of aliphatic hydroxyl groups excluding tert-OH is 1. The quantitative estimate of drug-likeness (QED) is 0.693. The average molecular weight is 206 g/mol. The Hall–Kier alpha value is -1.12. The minimum Gasteiger partial charge on any atom is -0.396 e. The Labute approximate surface area is 91.2 Å². The molecular weight excluding hydrogens is 188 g/mol. The van der Waals surface area contributed by atoms with Gasteiger partial charge < -0.3 is 9.84 Å². The summed E-state index contributed by atoms with van der Waals surface area (Å²) in [5, 5.41) is 8.55. The molecule has 2 heteroatoms. The van der Waals surface area contributed by atoms with E-state index in [1.54, 1.807) is 0 Å². The first kappa shape index (κ1) is 12.0. The molecule has 0 unspecified atom stereocenters. The highest BCUT2D eigenvalue weighted by molar-refractivity contribution is 5.47. The third-order valence-electron chi connectivity index (χ3n) is 2.20. The molecule has 0 saturated carbocycles. The van der Waals surface area contributed by atoms with Crippen molar-refractivity contribution in [3.8, 4) is 0 Å². The second-order valence-electron chi connectivity index (χ2n) is 3.39. The summed E-state index contributed by atoms with van der Waals surface area (Å²) in [5.74, 6) is 0. The second-order valence-corrected chi connectivity index (χ2v) is 3.39. The molecule has 1 rings (SSSR count). The van der Waals surface area contributed by atoms with Crippen LogP contribution in [0.4, 0.5) is 0 Å². The molecule has 1 aromatic carbocycles. The van der Waals surface area contributed by atoms with Crippen LogP contribution in [0.1, 0.15) is 17.5 Å². The number of hydrogen-bond acceptors (Lipinski definition) is 2. The van der Waals surface area contributed by atoms with Gasteiger partial charge in [0.05, 0.1) is 6.61 Å². The molecule has 0 spiro atoms. The molecule has 0 radical (unpaired) electrons. The van der Waals surface area contributed by atoms with Gasteiger partial charge >= 0.3 is 0 Å². The van der Waals surface area contributed by atoms with Crippen molar-refractivity contribution < 1.29 is 9.84 Å². The highest BCUT2D eigenvalue weighted by Gasteiger charge is 1.93. The molecule has 0 aliphatic carbocycles. The minimum atomic E-state index is 0.202. The van der Waals surface area contributed by atoms with Crippen LogP contribution in [-0.4, -0.2) is 24.9 Å². The SMILES string of the molecule is C=Cc1ccc(CCOCCCO)cc1. The van der Waals surface area contributed by atoms with Crippen LogP contribution in [0.15, 0.2) is 30.8 Å². The van der Waals surface area contributed by atoms with Crippen molar-refractivity contribution in [2.75, 3.05) is 19.8 Å².